The molecule has 0 saturated heterocycles. The van der Waals surface area contributed by atoms with Crippen LogP contribution in [0.1, 0.15) is 5.56 Å². The first-order valence-electron chi connectivity index (χ1n) is 6.37. The van der Waals surface area contributed by atoms with Crippen LogP contribution in [0.4, 0.5) is 18.9 Å². The van der Waals surface area contributed by atoms with E-state index in [0.717, 1.165) is 9.64 Å². The largest absolute Gasteiger partial charge is 0.573 e. The lowest BCUT2D eigenvalue weighted by atomic mass is 10.1. The Morgan fingerprint density at radius 3 is 2.30 bits per heavy atom. The summed E-state index contributed by atoms with van der Waals surface area (Å²) in [4.78, 5) is 12.2. The van der Waals surface area contributed by atoms with Crippen molar-refractivity contribution in [2.45, 2.75) is 6.36 Å². The van der Waals surface area contributed by atoms with Gasteiger partial charge in [-0.25, -0.2) is 0 Å². The van der Waals surface area contributed by atoms with Gasteiger partial charge in [0.05, 0.1) is 5.69 Å². The predicted octanol–water partition coefficient (Wildman–Crippen LogP) is 4.84. The van der Waals surface area contributed by atoms with Crippen molar-refractivity contribution in [3.8, 4) is 5.75 Å². The summed E-state index contributed by atoms with van der Waals surface area (Å²) in [6.07, 6.45) is -4.84. The number of anilines is 1. The zero-order valence-corrected chi connectivity index (χ0v) is 13.8. The van der Waals surface area contributed by atoms with E-state index in [-0.39, 0.29) is 11.3 Å². The Morgan fingerprint density at radius 1 is 1.09 bits per heavy atom. The zero-order chi connectivity index (χ0) is 17.0. The van der Waals surface area contributed by atoms with Crippen molar-refractivity contribution in [3.63, 3.8) is 0 Å². The van der Waals surface area contributed by atoms with Crippen LogP contribution in [0, 0.1) is 3.57 Å². The van der Waals surface area contributed by atoms with Gasteiger partial charge in [-0.3, -0.25) is 4.79 Å². The highest BCUT2D eigenvalue weighted by Gasteiger charge is 2.32. The lowest BCUT2D eigenvalue weighted by molar-refractivity contribution is -0.274. The second-order valence-corrected chi connectivity index (χ2v) is 5.73. The standard InChI is InChI=1S/C16H11F3INO2/c1-10(11-6-8-12(20)9-7-11)15(22)21-13-4-2-3-5-14(13)23-16(17,18)19/h2-9H,1H2,(H,21,22). The van der Waals surface area contributed by atoms with Gasteiger partial charge in [0.15, 0.2) is 5.75 Å². The molecule has 0 atom stereocenters. The fourth-order valence-corrected chi connectivity index (χ4v) is 2.12. The molecular weight excluding hydrogens is 422 g/mol. The predicted molar refractivity (Wildman–Crippen MR) is 89.9 cm³/mol. The van der Waals surface area contributed by atoms with Gasteiger partial charge in [-0.05, 0) is 52.4 Å². The minimum Gasteiger partial charge on any atom is -0.404 e. The van der Waals surface area contributed by atoms with Crippen LogP contribution in [0.2, 0.25) is 0 Å². The van der Waals surface area contributed by atoms with E-state index < -0.39 is 18.0 Å². The lowest BCUT2D eigenvalue weighted by Gasteiger charge is -2.14. The van der Waals surface area contributed by atoms with Crippen LogP contribution in [-0.2, 0) is 4.79 Å². The number of halogens is 4. The topological polar surface area (TPSA) is 38.3 Å². The zero-order valence-electron chi connectivity index (χ0n) is 11.7. The number of benzene rings is 2. The molecule has 0 saturated carbocycles. The highest BCUT2D eigenvalue weighted by Crippen LogP contribution is 2.30. The summed E-state index contributed by atoms with van der Waals surface area (Å²) in [5.74, 6) is -1.09. The summed E-state index contributed by atoms with van der Waals surface area (Å²) >= 11 is 2.12. The van der Waals surface area contributed by atoms with Crippen molar-refractivity contribution in [2.75, 3.05) is 5.32 Å². The van der Waals surface area contributed by atoms with E-state index in [1.807, 2.05) is 0 Å². The Morgan fingerprint density at radius 2 is 1.70 bits per heavy atom. The van der Waals surface area contributed by atoms with Crippen molar-refractivity contribution in [1.29, 1.82) is 0 Å². The number of hydrogen-bond donors (Lipinski definition) is 1. The van der Waals surface area contributed by atoms with Crippen LogP contribution >= 0.6 is 22.6 Å². The molecule has 0 unspecified atom stereocenters. The Kier molecular flexibility index (Phi) is 5.30. The molecule has 0 aromatic heterocycles. The molecule has 2 rings (SSSR count). The maximum Gasteiger partial charge on any atom is 0.573 e. The van der Waals surface area contributed by atoms with Crippen LogP contribution in [0.25, 0.3) is 5.57 Å². The molecule has 23 heavy (non-hydrogen) atoms. The maximum absolute atomic E-state index is 12.4. The molecule has 2 aromatic rings. The van der Waals surface area contributed by atoms with Crippen molar-refractivity contribution in [2.24, 2.45) is 0 Å². The fourth-order valence-electron chi connectivity index (χ4n) is 1.76. The van der Waals surface area contributed by atoms with Crippen molar-refractivity contribution >= 4 is 39.8 Å². The molecule has 0 radical (unpaired) electrons. The van der Waals surface area contributed by atoms with E-state index in [9.17, 15) is 18.0 Å². The average Bonchev–Trinajstić information content (AvgIpc) is 2.48. The summed E-state index contributed by atoms with van der Waals surface area (Å²) < 4.78 is 42.0. The van der Waals surface area contributed by atoms with E-state index in [4.69, 9.17) is 0 Å². The molecule has 3 nitrogen and oxygen atoms in total. The Labute approximate surface area is 144 Å². The van der Waals surface area contributed by atoms with Crippen molar-refractivity contribution in [1.82, 2.24) is 0 Å². The highest BCUT2D eigenvalue weighted by atomic mass is 127. The molecule has 0 spiro atoms. The minimum atomic E-state index is -4.84. The first-order valence-corrected chi connectivity index (χ1v) is 7.45. The quantitative estimate of drug-likeness (QED) is 0.554. The Bertz CT molecular complexity index is 727. The third kappa shape index (κ3) is 4.98. The number of carbonyl (C=O) groups excluding carboxylic acids is 1. The summed E-state index contributed by atoms with van der Waals surface area (Å²) in [5, 5.41) is 2.38. The van der Waals surface area contributed by atoms with Crippen molar-refractivity contribution in [3.05, 3.63) is 64.2 Å². The van der Waals surface area contributed by atoms with Crippen LogP contribution < -0.4 is 10.1 Å². The van der Waals surface area contributed by atoms with Gasteiger partial charge in [0.2, 0.25) is 0 Å². The molecule has 0 aliphatic rings. The second kappa shape index (κ2) is 7.03. The number of ether oxygens (including phenoxy) is 1. The number of para-hydroxylation sites is 2. The smallest absolute Gasteiger partial charge is 0.404 e. The van der Waals surface area contributed by atoms with Gasteiger partial charge in [-0.2, -0.15) is 0 Å². The molecule has 120 valence electrons. The summed E-state index contributed by atoms with van der Waals surface area (Å²) in [6.45, 7) is 3.68. The van der Waals surface area contributed by atoms with Gasteiger partial charge < -0.3 is 10.1 Å². The van der Waals surface area contributed by atoms with Crippen molar-refractivity contribution < 1.29 is 22.7 Å². The molecule has 2 aromatic carbocycles. The molecule has 0 bridgehead atoms. The molecule has 1 amide bonds. The van der Waals surface area contributed by atoms with E-state index in [1.165, 1.54) is 18.2 Å². The number of rotatable bonds is 4. The van der Waals surface area contributed by atoms with Gasteiger partial charge in [-0.1, -0.05) is 30.8 Å². The summed E-state index contributed by atoms with van der Waals surface area (Å²) in [6, 6.07) is 12.3. The second-order valence-electron chi connectivity index (χ2n) is 4.48. The number of nitrogens with one attached hydrogen (secondary N) is 1. The van der Waals surface area contributed by atoms with E-state index >= 15 is 0 Å². The van der Waals surface area contributed by atoms with Gasteiger partial charge in [0.1, 0.15) is 0 Å². The number of hydrogen-bond acceptors (Lipinski definition) is 2. The molecule has 1 N–H and O–H groups in total. The molecule has 0 aliphatic heterocycles. The first kappa shape index (κ1) is 17.3. The lowest BCUT2D eigenvalue weighted by Crippen LogP contribution is -2.19. The van der Waals surface area contributed by atoms with Gasteiger partial charge in [0.25, 0.3) is 5.91 Å². The van der Waals surface area contributed by atoms with Crippen LogP contribution in [0.3, 0.4) is 0 Å². The minimum absolute atomic E-state index is 0.0820. The molecule has 0 aliphatic carbocycles. The van der Waals surface area contributed by atoms with Crippen LogP contribution in [0.15, 0.2) is 55.1 Å². The first-order chi connectivity index (χ1) is 10.8. The third-order valence-corrected chi connectivity index (χ3v) is 3.55. The van der Waals surface area contributed by atoms with Gasteiger partial charge in [0, 0.05) is 9.14 Å². The maximum atomic E-state index is 12.4. The normalized spacial score (nSPS) is 11.0. The summed E-state index contributed by atoms with van der Waals surface area (Å²) in [5.41, 5.74) is 0.641. The van der Waals surface area contributed by atoms with E-state index in [0.29, 0.717) is 5.56 Å². The SMILES string of the molecule is C=C(C(=O)Nc1ccccc1OC(F)(F)F)c1ccc(I)cc1. The number of carbonyl (C=O) groups is 1. The Hall–Kier alpha value is -2.03. The number of amides is 1. The number of alkyl halides is 3. The Balaban J connectivity index is 2.17. The average molecular weight is 433 g/mol. The third-order valence-electron chi connectivity index (χ3n) is 2.83. The fraction of sp³-hybridized carbons (Fsp3) is 0.0625. The molecule has 0 fully saturated rings. The highest BCUT2D eigenvalue weighted by molar-refractivity contribution is 14.1. The van der Waals surface area contributed by atoms with Gasteiger partial charge >= 0.3 is 6.36 Å². The van der Waals surface area contributed by atoms with E-state index in [2.05, 4.69) is 39.2 Å². The molecular formula is C16H11F3INO2. The van der Waals surface area contributed by atoms with E-state index in [1.54, 1.807) is 24.3 Å². The van der Waals surface area contributed by atoms with Gasteiger partial charge in [-0.15, -0.1) is 13.2 Å². The molecule has 7 heteroatoms. The summed E-state index contributed by atoms with van der Waals surface area (Å²) in [7, 11) is 0. The molecule has 0 heterocycles. The van der Waals surface area contributed by atoms with Crippen LogP contribution in [0.5, 0.6) is 5.75 Å². The monoisotopic (exact) mass is 433 g/mol. The van der Waals surface area contributed by atoms with Crippen LogP contribution in [-0.4, -0.2) is 12.3 Å².